The van der Waals surface area contributed by atoms with Crippen LogP contribution < -0.4 is 0 Å². The van der Waals surface area contributed by atoms with Gasteiger partial charge in [0.2, 0.25) is 17.6 Å². The van der Waals surface area contributed by atoms with Crippen LogP contribution in [0.4, 0.5) is 0 Å². The van der Waals surface area contributed by atoms with Crippen LogP contribution in [0.15, 0.2) is 34.9 Å². The highest BCUT2D eigenvalue weighted by Crippen LogP contribution is 2.31. The topological polar surface area (TPSA) is 113 Å². The summed E-state index contributed by atoms with van der Waals surface area (Å²) in [7, 11) is 1.99. The first-order valence-electron chi connectivity index (χ1n) is 10.5. The molecule has 1 fully saturated rings. The lowest BCUT2D eigenvalue weighted by Gasteiger charge is -2.29. The number of hydrogen-bond acceptors (Lipinski definition) is 8. The van der Waals surface area contributed by atoms with E-state index in [1.165, 1.54) is 0 Å². The van der Waals surface area contributed by atoms with Gasteiger partial charge in [-0.25, -0.2) is 0 Å². The van der Waals surface area contributed by atoms with Crippen molar-refractivity contribution in [3.63, 3.8) is 0 Å². The Bertz CT molecular complexity index is 1060. The molecular weight excluding hydrogens is 398 g/mol. The summed E-state index contributed by atoms with van der Waals surface area (Å²) in [6, 6.07) is 9.67. The van der Waals surface area contributed by atoms with Gasteiger partial charge in [0.05, 0.1) is 18.7 Å². The number of benzene rings is 1. The van der Waals surface area contributed by atoms with Gasteiger partial charge < -0.3 is 19.1 Å². The summed E-state index contributed by atoms with van der Waals surface area (Å²) >= 11 is 0. The molecule has 4 heterocycles. The van der Waals surface area contributed by atoms with Crippen LogP contribution in [0.1, 0.15) is 36.4 Å². The van der Waals surface area contributed by atoms with Gasteiger partial charge in [0.15, 0.2) is 11.6 Å². The lowest BCUT2D eigenvalue weighted by atomic mass is 10.2. The number of β-amino-alcohol motifs (C(OH)–C–C–N with tert-alkyl or cyclic N) is 1. The van der Waals surface area contributed by atoms with Crippen molar-refractivity contribution in [3.8, 4) is 11.4 Å². The minimum absolute atomic E-state index is 0.0312. The Hall–Kier alpha value is -3.11. The summed E-state index contributed by atoms with van der Waals surface area (Å²) in [5.41, 5.74) is 0.885. The molecule has 31 heavy (non-hydrogen) atoms. The number of aliphatic hydroxyl groups is 1. The van der Waals surface area contributed by atoms with Gasteiger partial charge >= 0.3 is 0 Å². The van der Waals surface area contributed by atoms with Crippen molar-refractivity contribution in [2.24, 2.45) is 0 Å². The van der Waals surface area contributed by atoms with Crippen LogP contribution in [0.3, 0.4) is 0 Å². The number of aromatic nitrogens is 5. The number of aryl methyl sites for hydroxylation is 1. The number of likely N-dealkylation sites (N-methyl/N-ethyl adjacent to an activating group) is 1. The van der Waals surface area contributed by atoms with Crippen LogP contribution in [-0.4, -0.2) is 72.0 Å². The Labute approximate surface area is 179 Å². The molecule has 0 aliphatic carbocycles. The Balaban J connectivity index is 1.19. The molecule has 5 rings (SSSR count). The number of carbonyl (C=O) groups excluding carboxylic acids is 1. The molecule has 2 aliphatic rings. The van der Waals surface area contributed by atoms with Gasteiger partial charge in [0.1, 0.15) is 0 Å². The molecule has 2 atom stereocenters. The molecule has 0 spiro atoms. The summed E-state index contributed by atoms with van der Waals surface area (Å²) < 4.78 is 7.40. The molecule has 2 aliphatic heterocycles. The second-order valence-corrected chi connectivity index (χ2v) is 8.16. The van der Waals surface area contributed by atoms with Crippen LogP contribution in [0.5, 0.6) is 0 Å². The summed E-state index contributed by atoms with van der Waals surface area (Å²) in [5.74, 6) is 2.68. The molecule has 10 nitrogen and oxygen atoms in total. The standard InChI is InChI=1S/C21H25N7O3/c1-26-12-15(29)11-16(26)21-24-23-17-13-27(9-10-28(17)21)19(30)8-7-18-22-20(25-31-18)14-5-3-2-4-6-14/h2-6,15-16,29H,7-13H2,1H3. The fraction of sp³-hybridized carbons (Fsp3) is 0.476. The third-order valence-electron chi connectivity index (χ3n) is 6.01. The SMILES string of the molecule is CN1CC(O)CC1c1nnc2n1CCN(C(=O)CCc1nc(-c3ccccc3)no1)C2. The molecule has 0 saturated carbocycles. The summed E-state index contributed by atoms with van der Waals surface area (Å²) in [5, 5.41) is 22.6. The van der Waals surface area contributed by atoms with Crippen molar-refractivity contribution >= 4 is 5.91 Å². The zero-order chi connectivity index (χ0) is 21.4. The quantitative estimate of drug-likeness (QED) is 0.648. The van der Waals surface area contributed by atoms with E-state index in [0.29, 0.717) is 57.2 Å². The van der Waals surface area contributed by atoms with Gasteiger partial charge in [-0.3, -0.25) is 9.69 Å². The van der Waals surface area contributed by atoms with Gasteiger partial charge in [0, 0.05) is 38.0 Å². The van der Waals surface area contributed by atoms with E-state index in [4.69, 9.17) is 4.52 Å². The van der Waals surface area contributed by atoms with Crippen molar-refractivity contribution in [1.29, 1.82) is 0 Å². The molecule has 1 aromatic carbocycles. The third-order valence-corrected chi connectivity index (χ3v) is 6.01. The van der Waals surface area contributed by atoms with Crippen molar-refractivity contribution in [2.45, 2.75) is 44.5 Å². The van der Waals surface area contributed by atoms with E-state index >= 15 is 0 Å². The summed E-state index contributed by atoms with van der Waals surface area (Å²) in [4.78, 5) is 21.1. The number of amides is 1. The number of carbonyl (C=O) groups is 1. The van der Waals surface area contributed by atoms with E-state index in [9.17, 15) is 9.90 Å². The molecule has 3 aromatic rings. The predicted molar refractivity (Wildman–Crippen MR) is 109 cm³/mol. The first kappa shape index (κ1) is 19.8. The molecule has 1 N–H and O–H groups in total. The zero-order valence-corrected chi connectivity index (χ0v) is 17.4. The molecule has 1 amide bonds. The molecular formula is C21H25N7O3. The minimum Gasteiger partial charge on any atom is -0.392 e. The monoisotopic (exact) mass is 423 g/mol. The summed E-state index contributed by atoms with van der Waals surface area (Å²) in [6.45, 7) is 2.33. The molecule has 10 heteroatoms. The van der Waals surface area contributed by atoms with Crippen LogP contribution in [0.25, 0.3) is 11.4 Å². The normalized spacial score (nSPS) is 21.4. The fourth-order valence-corrected chi connectivity index (χ4v) is 4.35. The Kier molecular flexibility index (Phi) is 5.24. The van der Waals surface area contributed by atoms with E-state index in [0.717, 1.165) is 17.2 Å². The van der Waals surface area contributed by atoms with Crippen molar-refractivity contribution in [2.75, 3.05) is 20.1 Å². The highest BCUT2D eigenvalue weighted by Gasteiger charge is 2.35. The maximum Gasteiger partial charge on any atom is 0.227 e. The number of fused-ring (bicyclic) bond motifs is 1. The van der Waals surface area contributed by atoms with E-state index in [1.54, 1.807) is 4.90 Å². The smallest absolute Gasteiger partial charge is 0.227 e. The van der Waals surface area contributed by atoms with Crippen molar-refractivity contribution in [1.82, 2.24) is 34.7 Å². The lowest BCUT2D eigenvalue weighted by Crippen LogP contribution is -2.39. The Morgan fingerprint density at radius 3 is 2.84 bits per heavy atom. The van der Waals surface area contributed by atoms with Gasteiger partial charge in [-0.2, -0.15) is 4.98 Å². The van der Waals surface area contributed by atoms with E-state index in [1.807, 2.05) is 37.4 Å². The highest BCUT2D eigenvalue weighted by atomic mass is 16.5. The number of rotatable bonds is 5. The number of aliphatic hydroxyl groups excluding tert-OH is 1. The lowest BCUT2D eigenvalue weighted by molar-refractivity contribution is -0.132. The van der Waals surface area contributed by atoms with E-state index in [-0.39, 0.29) is 18.1 Å². The maximum absolute atomic E-state index is 12.8. The number of nitrogens with zero attached hydrogens (tertiary/aromatic N) is 7. The summed E-state index contributed by atoms with van der Waals surface area (Å²) in [6.07, 6.45) is 1.02. The van der Waals surface area contributed by atoms with E-state index < -0.39 is 0 Å². The van der Waals surface area contributed by atoms with Gasteiger partial charge in [-0.15, -0.1) is 10.2 Å². The predicted octanol–water partition coefficient (Wildman–Crippen LogP) is 1.04. The molecule has 0 radical (unpaired) electrons. The first-order chi connectivity index (χ1) is 15.1. The van der Waals surface area contributed by atoms with E-state index in [2.05, 4.69) is 29.8 Å². The average Bonchev–Trinajstić information content (AvgIpc) is 3.50. The van der Waals surface area contributed by atoms with Crippen LogP contribution in [0.2, 0.25) is 0 Å². The number of hydrogen-bond donors (Lipinski definition) is 1. The van der Waals surface area contributed by atoms with Crippen molar-refractivity contribution < 1.29 is 14.4 Å². The average molecular weight is 423 g/mol. The van der Waals surface area contributed by atoms with Gasteiger partial charge in [0.25, 0.3) is 0 Å². The maximum atomic E-state index is 12.8. The molecule has 2 unspecified atom stereocenters. The largest absolute Gasteiger partial charge is 0.392 e. The zero-order valence-electron chi connectivity index (χ0n) is 17.4. The molecule has 0 bridgehead atoms. The van der Waals surface area contributed by atoms with Gasteiger partial charge in [-0.1, -0.05) is 35.5 Å². The second kappa shape index (κ2) is 8.20. The number of likely N-dealkylation sites (tertiary alicyclic amines) is 1. The minimum atomic E-state index is -0.336. The fourth-order valence-electron chi connectivity index (χ4n) is 4.35. The highest BCUT2D eigenvalue weighted by molar-refractivity contribution is 5.76. The van der Waals surface area contributed by atoms with Crippen LogP contribution in [0, 0.1) is 0 Å². The second-order valence-electron chi connectivity index (χ2n) is 8.16. The van der Waals surface area contributed by atoms with Crippen LogP contribution >= 0.6 is 0 Å². The van der Waals surface area contributed by atoms with Crippen LogP contribution in [-0.2, 0) is 24.3 Å². The third kappa shape index (κ3) is 3.96. The van der Waals surface area contributed by atoms with Gasteiger partial charge in [-0.05, 0) is 13.5 Å². The Morgan fingerprint density at radius 2 is 2.06 bits per heavy atom. The van der Waals surface area contributed by atoms with Crippen molar-refractivity contribution in [3.05, 3.63) is 47.9 Å². The Morgan fingerprint density at radius 1 is 1.23 bits per heavy atom. The first-order valence-corrected chi connectivity index (χ1v) is 10.5. The molecule has 162 valence electrons. The molecule has 1 saturated heterocycles. The molecule has 2 aromatic heterocycles.